The van der Waals surface area contributed by atoms with Crippen LogP contribution in [0.1, 0.15) is 111 Å². The highest BCUT2D eigenvalue weighted by Gasteiger charge is 2.37. The summed E-state index contributed by atoms with van der Waals surface area (Å²) in [5, 5.41) is 14.5. The first-order chi connectivity index (χ1) is 27.4. The second-order valence-corrected chi connectivity index (χ2v) is 17.5. The first-order valence-electron chi connectivity index (χ1n) is 19.1. The molecule has 4 aliphatic rings. The Balaban J connectivity index is 0.000000220. The monoisotopic (exact) mass is 966 g/mol. The molecule has 2 aromatic carbocycles. The quantitative estimate of drug-likeness (QED) is 0.203. The van der Waals surface area contributed by atoms with Gasteiger partial charge in [0, 0.05) is 73.0 Å². The number of ketones is 1. The number of carboxylic acid groups (broad SMARTS) is 1. The zero-order chi connectivity index (χ0) is 40.4. The van der Waals surface area contributed by atoms with Crippen molar-refractivity contribution in [3.63, 3.8) is 0 Å². The first-order valence-corrected chi connectivity index (χ1v) is 21.5. The van der Waals surface area contributed by atoms with Gasteiger partial charge in [-0.3, -0.25) is 14.8 Å². The SMILES string of the molecule is C.C.CCOC(=O)N1CCC(C2c3ccc(Cl)cc3C=C(C(C)=O)c3cc(Br)cnc32)CC1.O=C(O)C1=Cc2cc(Cl)ccc2C(C2CCNCC2)c2ncc(Br)cc21. The molecular formula is C46H50Br2Cl2N4O5. The number of Topliss-reactive ketones (excluding diaryl/α,β-unsaturated/α-hetero) is 1. The Morgan fingerprint density at radius 3 is 1.73 bits per heavy atom. The van der Waals surface area contributed by atoms with Gasteiger partial charge < -0.3 is 20.1 Å². The fourth-order valence-electron chi connectivity index (χ4n) is 8.73. The molecule has 2 aromatic heterocycles. The summed E-state index contributed by atoms with van der Waals surface area (Å²) < 4.78 is 6.78. The lowest BCUT2D eigenvalue weighted by Gasteiger charge is -2.36. The van der Waals surface area contributed by atoms with E-state index in [1.807, 2.05) is 61.5 Å². The van der Waals surface area contributed by atoms with Gasteiger partial charge in [-0.15, -0.1) is 0 Å². The van der Waals surface area contributed by atoms with Gasteiger partial charge in [-0.1, -0.05) is 50.2 Å². The van der Waals surface area contributed by atoms with Gasteiger partial charge in [0.05, 0.1) is 23.6 Å². The number of hydrogen-bond acceptors (Lipinski definition) is 7. The van der Waals surface area contributed by atoms with Crippen LogP contribution in [0, 0.1) is 11.8 Å². The maximum Gasteiger partial charge on any atom is 0.409 e. The number of nitrogens with one attached hydrogen (secondary N) is 1. The molecule has 8 rings (SSSR count). The molecule has 0 bridgehead atoms. The van der Waals surface area contributed by atoms with Crippen LogP contribution in [0.5, 0.6) is 0 Å². The van der Waals surface area contributed by atoms with E-state index in [0.717, 1.165) is 86.9 Å². The van der Waals surface area contributed by atoms with E-state index in [9.17, 15) is 19.5 Å². The van der Waals surface area contributed by atoms with E-state index in [1.165, 1.54) is 0 Å². The fraction of sp³-hybridized carbons (Fsp3) is 0.370. The van der Waals surface area contributed by atoms with Gasteiger partial charge >= 0.3 is 12.1 Å². The highest BCUT2D eigenvalue weighted by Crippen LogP contribution is 2.47. The number of ether oxygens (including phenoxy) is 1. The Bertz CT molecular complexity index is 2290. The molecule has 4 aromatic rings. The second-order valence-electron chi connectivity index (χ2n) is 14.8. The molecule has 2 aliphatic heterocycles. The number of aromatic nitrogens is 2. The molecule has 2 aliphatic carbocycles. The minimum atomic E-state index is -0.956. The zero-order valence-electron chi connectivity index (χ0n) is 31.5. The number of pyridine rings is 2. The number of carboxylic acids is 1. The number of likely N-dealkylation sites (tertiary alicyclic amines) is 1. The number of amides is 1. The number of nitrogens with zero attached hydrogens (tertiary/aromatic N) is 3. The van der Waals surface area contributed by atoms with Crippen molar-refractivity contribution in [3.05, 3.63) is 125 Å². The van der Waals surface area contributed by atoms with Gasteiger partial charge in [0.2, 0.25) is 0 Å². The highest BCUT2D eigenvalue weighted by molar-refractivity contribution is 9.10. The molecule has 2 saturated heterocycles. The molecule has 4 heterocycles. The largest absolute Gasteiger partial charge is 0.478 e. The van der Waals surface area contributed by atoms with Crippen LogP contribution in [0.3, 0.4) is 0 Å². The smallest absolute Gasteiger partial charge is 0.409 e. The van der Waals surface area contributed by atoms with Crippen molar-refractivity contribution in [1.82, 2.24) is 20.2 Å². The van der Waals surface area contributed by atoms with E-state index in [1.54, 1.807) is 30.3 Å². The van der Waals surface area contributed by atoms with Crippen LogP contribution in [0.25, 0.3) is 23.3 Å². The molecule has 2 fully saturated rings. The molecular weight excluding hydrogens is 919 g/mol. The van der Waals surface area contributed by atoms with Gasteiger partial charge in [-0.25, -0.2) is 9.59 Å². The lowest BCUT2D eigenvalue weighted by molar-refractivity contribution is -0.130. The van der Waals surface area contributed by atoms with Crippen molar-refractivity contribution in [3.8, 4) is 0 Å². The van der Waals surface area contributed by atoms with Crippen molar-refractivity contribution < 1.29 is 24.2 Å². The van der Waals surface area contributed by atoms with Gasteiger partial charge in [0.1, 0.15) is 0 Å². The third kappa shape index (κ3) is 10.0. The van der Waals surface area contributed by atoms with Gasteiger partial charge in [-0.2, -0.15) is 0 Å². The summed E-state index contributed by atoms with van der Waals surface area (Å²) in [4.78, 5) is 48.0. The molecule has 1 amide bonds. The fourth-order valence-corrected chi connectivity index (χ4v) is 9.75. The van der Waals surface area contributed by atoms with E-state index in [4.69, 9.17) is 32.9 Å². The molecule has 312 valence electrons. The number of benzene rings is 2. The van der Waals surface area contributed by atoms with Crippen molar-refractivity contribution in [2.24, 2.45) is 11.8 Å². The molecule has 2 N–H and O–H groups in total. The maximum atomic E-state index is 12.6. The average molecular weight is 970 g/mol. The van der Waals surface area contributed by atoms with Crippen molar-refractivity contribution in [2.75, 3.05) is 32.8 Å². The van der Waals surface area contributed by atoms with Crippen molar-refractivity contribution >= 4 is 96.2 Å². The molecule has 59 heavy (non-hydrogen) atoms. The van der Waals surface area contributed by atoms with Crippen LogP contribution in [0.4, 0.5) is 4.79 Å². The van der Waals surface area contributed by atoms with Crippen LogP contribution in [-0.2, 0) is 14.3 Å². The van der Waals surface area contributed by atoms with Gasteiger partial charge in [0.25, 0.3) is 0 Å². The predicted molar refractivity (Wildman–Crippen MR) is 245 cm³/mol. The maximum absolute atomic E-state index is 12.6. The molecule has 0 spiro atoms. The Morgan fingerprint density at radius 2 is 1.25 bits per heavy atom. The highest BCUT2D eigenvalue weighted by atomic mass is 79.9. The third-order valence-corrected chi connectivity index (χ3v) is 12.6. The van der Waals surface area contributed by atoms with Gasteiger partial charge in [-0.05, 0) is 167 Å². The van der Waals surface area contributed by atoms with Crippen LogP contribution in [0.2, 0.25) is 10.0 Å². The number of carbonyl (C=O) groups excluding carboxylic acids is 2. The molecule has 2 atom stereocenters. The first kappa shape index (κ1) is 46.2. The normalized spacial score (nSPS) is 18.5. The summed E-state index contributed by atoms with van der Waals surface area (Å²) in [5.41, 5.74) is 8.22. The molecule has 2 unspecified atom stereocenters. The topological polar surface area (TPSA) is 122 Å². The summed E-state index contributed by atoms with van der Waals surface area (Å²) in [6.45, 7) is 6.99. The minimum Gasteiger partial charge on any atom is -0.478 e. The Labute approximate surface area is 373 Å². The average Bonchev–Trinajstić information content (AvgIpc) is 3.42. The van der Waals surface area contributed by atoms with E-state index in [0.29, 0.717) is 46.8 Å². The zero-order valence-corrected chi connectivity index (χ0v) is 36.2. The van der Waals surface area contributed by atoms with E-state index < -0.39 is 5.97 Å². The van der Waals surface area contributed by atoms with E-state index >= 15 is 0 Å². The number of piperidine rings is 2. The number of carbonyl (C=O) groups is 3. The molecule has 9 nitrogen and oxygen atoms in total. The van der Waals surface area contributed by atoms with Crippen LogP contribution in [0.15, 0.2) is 69.9 Å². The van der Waals surface area contributed by atoms with Crippen LogP contribution in [-0.4, -0.2) is 70.6 Å². The summed E-state index contributed by atoms with van der Waals surface area (Å²) >= 11 is 19.5. The standard InChI is InChI=1S/C24H24BrClN2O3.C20H18BrClN2O2.2CH4/c1-3-31-24(30)28-8-6-15(7-9-28)22-19-5-4-18(26)10-16(19)11-20(14(2)29)21-12-17(25)13-27-23(21)22;21-13-9-16-17(20(25)26)8-12-7-14(22)1-2-15(12)18(19(16)24-10-13)11-3-5-23-6-4-11;;/h4-5,10-13,15,22H,3,6-9H2,1-2H3;1-2,7-11,18,23H,3-6H2,(H,25,26);2*1H4. The summed E-state index contributed by atoms with van der Waals surface area (Å²) in [7, 11) is 0. The number of rotatable bonds is 5. The molecule has 13 heteroatoms. The van der Waals surface area contributed by atoms with E-state index in [2.05, 4.69) is 42.2 Å². The van der Waals surface area contributed by atoms with Crippen molar-refractivity contribution in [2.45, 2.75) is 66.2 Å². The Hall–Kier alpha value is -3.87. The lowest BCUT2D eigenvalue weighted by Crippen LogP contribution is -2.40. The summed E-state index contributed by atoms with van der Waals surface area (Å²) in [6, 6.07) is 15.5. The third-order valence-electron chi connectivity index (χ3n) is 11.3. The summed E-state index contributed by atoms with van der Waals surface area (Å²) in [6.07, 6.45) is 10.7. The lowest BCUT2D eigenvalue weighted by atomic mass is 9.76. The van der Waals surface area contributed by atoms with Gasteiger partial charge in [0.15, 0.2) is 5.78 Å². The molecule has 0 saturated carbocycles. The Morgan fingerprint density at radius 1 is 0.780 bits per heavy atom. The number of halogens is 4. The second kappa shape index (κ2) is 20.1. The number of allylic oxidation sites excluding steroid dienone is 1. The van der Waals surface area contributed by atoms with E-state index in [-0.39, 0.29) is 50.1 Å². The molecule has 0 radical (unpaired) electrons. The number of aliphatic carboxylic acids is 1. The minimum absolute atomic E-state index is 0. The van der Waals surface area contributed by atoms with Crippen LogP contribution >= 0.6 is 55.1 Å². The summed E-state index contributed by atoms with van der Waals surface area (Å²) in [5.74, 6) is -0.218. The Kier molecular flexibility index (Phi) is 15.8. The number of fused-ring (bicyclic) bond motifs is 4. The van der Waals surface area contributed by atoms with Crippen molar-refractivity contribution in [1.29, 1.82) is 0 Å². The number of hydrogen-bond donors (Lipinski definition) is 2. The van der Waals surface area contributed by atoms with Crippen LogP contribution < -0.4 is 5.32 Å². The predicted octanol–water partition coefficient (Wildman–Crippen LogP) is 11.8.